The normalized spacial score (nSPS) is 12.3. The first-order valence-electron chi connectivity index (χ1n) is 7.68. The van der Waals surface area contributed by atoms with E-state index in [1.807, 2.05) is 0 Å². The smallest absolute Gasteiger partial charge is 0.225 e. The zero-order chi connectivity index (χ0) is 19.6. The van der Waals surface area contributed by atoms with Gasteiger partial charge in [0, 0.05) is 5.56 Å². The summed E-state index contributed by atoms with van der Waals surface area (Å²) in [4.78, 5) is 12.1. The van der Waals surface area contributed by atoms with Crippen LogP contribution in [0, 0.1) is 40.8 Å². The minimum absolute atomic E-state index is 0.180. The molecule has 0 bridgehead atoms. The fourth-order valence-electron chi connectivity index (χ4n) is 2.50. The monoisotopic (exact) mass is 375 g/mol. The molecule has 140 valence electrons. The molecule has 1 atom stereocenters. The van der Waals surface area contributed by atoms with Crippen molar-refractivity contribution in [1.29, 1.82) is 0 Å². The summed E-state index contributed by atoms with van der Waals surface area (Å²) in [6.45, 7) is 3.49. The predicted molar refractivity (Wildman–Crippen MR) is 82.1 cm³/mol. The van der Waals surface area contributed by atoms with Gasteiger partial charge in [-0.05, 0) is 23.6 Å². The summed E-state index contributed by atoms with van der Waals surface area (Å²) >= 11 is 0. The first-order chi connectivity index (χ1) is 12.1. The third-order valence-corrected chi connectivity index (χ3v) is 3.85. The van der Waals surface area contributed by atoms with Crippen LogP contribution in [-0.2, 0) is 11.2 Å². The van der Waals surface area contributed by atoms with Gasteiger partial charge in [-0.25, -0.2) is 26.3 Å². The van der Waals surface area contributed by atoms with Gasteiger partial charge in [-0.2, -0.15) is 0 Å². The molecule has 1 amide bonds. The molecule has 2 aromatic rings. The molecule has 2 nitrogen and oxygen atoms in total. The number of hydrogen-bond acceptors (Lipinski definition) is 1. The largest absolute Gasteiger partial charge is 0.349 e. The van der Waals surface area contributed by atoms with Gasteiger partial charge in [-0.3, -0.25) is 4.79 Å². The molecular formula is C18H15F6NO. The van der Waals surface area contributed by atoms with Gasteiger partial charge in [0.25, 0.3) is 0 Å². The van der Waals surface area contributed by atoms with Crippen molar-refractivity contribution in [1.82, 2.24) is 5.32 Å². The summed E-state index contributed by atoms with van der Waals surface area (Å²) in [6.07, 6.45) is -1.03. The summed E-state index contributed by atoms with van der Waals surface area (Å²) < 4.78 is 79.9. The van der Waals surface area contributed by atoms with Crippen LogP contribution in [0.4, 0.5) is 26.3 Å². The molecule has 0 aliphatic carbocycles. The van der Waals surface area contributed by atoms with E-state index in [1.165, 1.54) is 24.3 Å². The molecule has 2 aromatic carbocycles. The van der Waals surface area contributed by atoms with E-state index in [4.69, 9.17) is 0 Å². The van der Waals surface area contributed by atoms with Crippen LogP contribution in [-0.4, -0.2) is 5.91 Å². The van der Waals surface area contributed by atoms with E-state index in [2.05, 4.69) is 5.32 Å². The minimum atomic E-state index is -2.28. The molecule has 1 unspecified atom stereocenters. The Kier molecular flexibility index (Phi) is 5.94. The highest BCUT2D eigenvalue weighted by molar-refractivity contribution is 5.79. The molecule has 0 saturated heterocycles. The minimum Gasteiger partial charge on any atom is -0.349 e. The van der Waals surface area contributed by atoms with Crippen molar-refractivity contribution < 1.29 is 31.1 Å². The van der Waals surface area contributed by atoms with Crippen molar-refractivity contribution in [3.8, 4) is 0 Å². The van der Waals surface area contributed by atoms with Gasteiger partial charge in [0.1, 0.15) is 5.82 Å². The zero-order valence-corrected chi connectivity index (χ0v) is 13.8. The Hall–Kier alpha value is -2.51. The van der Waals surface area contributed by atoms with E-state index < -0.39 is 58.8 Å². The maximum absolute atomic E-state index is 13.7. The molecular weight excluding hydrogens is 360 g/mol. The van der Waals surface area contributed by atoms with Crippen molar-refractivity contribution in [3.63, 3.8) is 0 Å². The van der Waals surface area contributed by atoms with Crippen molar-refractivity contribution in [2.75, 3.05) is 0 Å². The van der Waals surface area contributed by atoms with Crippen LogP contribution >= 0.6 is 0 Å². The average molecular weight is 375 g/mol. The number of halogens is 6. The van der Waals surface area contributed by atoms with Gasteiger partial charge in [0.05, 0.1) is 12.5 Å². The standard InChI is InChI=1S/C18H15F6NO/c1-8(2)18(9-3-5-10(19)6-4-9)25-12(26)7-11-13(20)15(22)17(24)16(23)14(11)21/h3-6,8,18H,7H2,1-2H3,(H,25,26). The van der Waals surface area contributed by atoms with Crippen molar-refractivity contribution >= 4 is 5.91 Å². The number of benzene rings is 2. The van der Waals surface area contributed by atoms with E-state index in [9.17, 15) is 31.1 Å². The molecule has 8 heteroatoms. The van der Waals surface area contributed by atoms with E-state index >= 15 is 0 Å². The van der Waals surface area contributed by atoms with Gasteiger partial charge >= 0.3 is 0 Å². The van der Waals surface area contributed by atoms with E-state index in [0.29, 0.717) is 5.56 Å². The quantitative estimate of drug-likeness (QED) is 0.463. The van der Waals surface area contributed by atoms with Gasteiger partial charge in [-0.1, -0.05) is 26.0 Å². The Balaban J connectivity index is 2.26. The number of rotatable bonds is 5. The van der Waals surface area contributed by atoms with E-state index in [1.54, 1.807) is 13.8 Å². The molecule has 0 radical (unpaired) electrons. The number of carbonyl (C=O) groups is 1. The van der Waals surface area contributed by atoms with Crippen LogP contribution in [0.3, 0.4) is 0 Å². The third kappa shape index (κ3) is 4.00. The molecule has 0 aromatic heterocycles. The van der Waals surface area contributed by atoms with Gasteiger partial charge in [0.2, 0.25) is 11.7 Å². The number of carbonyl (C=O) groups excluding carboxylic acids is 1. The topological polar surface area (TPSA) is 29.1 Å². The molecule has 1 N–H and O–H groups in total. The fraction of sp³-hybridized carbons (Fsp3) is 0.278. The molecule has 2 rings (SSSR count). The third-order valence-electron chi connectivity index (χ3n) is 3.85. The SMILES string of the molecule is CC(C)C(NC(=O)Cc1c(F)c(F)c(F)c(F)c1F)c1ccc(F)cc1. The van der Waals surface area contributed by atoms with Crippen molar-refractivity contribution in [2.45, 2.75) is 26.3 Å². The summed E-state index contributed by atoms with van der Waals surface area (Å²) in [5, 5.41) is 2.48. The molecule has 0 spiro atoms. The Morgan fingerprint density at radius 3 is 1.77 bits per heavy atom. The second-order valence-corrected chi connectivity index (χ2v) is 6.07. The average Bonchev–Trinajstić information content (AvgIpc) is 2.60. The van der Waals surface area contributed by atoms with Crippen molar-refractivity contribution in [2.24, 2.45) is 5.92 Å². The molecule has 0 aliphatic rings. The van der Waals surface area contributed by atoms with Gasteiger partial charge in [0.15, 0.2) is 23.3 Å². The zero-order valence-electron chi connectivity index (χ0n) is 13.8. The van der Waals surface area contributed by atoms with Crippen LogP contribution in [0.15, 0.2) is 24.3 Å². The lowest BCUT2D eigenvalue weighted by Gasteiger charge is -2.23. The lowest BCUT2D eigenvalue weighted by Crippen LogP contribution is -2.33. The Morgan fingerprint density at radius 1 is 0.846 bits per heavy atom. The number of hydrogen-bond donors (Lipinski definition) is 1. The highest BCUT2D eigenvalue weighted by Gasteiger charge is 2.28. The van der Waals surface area contributed by atoms with Crippen LogP contribution in [0.2, 0.25) is 0 Å². The lowest BCUT2D eigenvalue weighted by atomic mass is 9.95. The summed E-state index contributed by atoms with van der Waals surface area (Å²) in [5.74, 6) is -12.2. The Morgan fingerprint density at radius 2 is 1.31 bits per heavy atom. The number of nitrogens with one attached hydrogen (secondary N) is 1. The molecule has 0 fully saturated rings. The first kappa shape index (κ1) is 19.8. The first-order valence-corrected chi connectivity index (χ1v) is 7.68. The highest BCUT2D eigenvalue weighted by Crippen LogP contribution is 2.25. The maximum Gasteiger partial charge on any atom is 0.225 e. The van der Waals surface area contributed by atoms with Crippen LogP contribution in [0.5, 0.6) is 0 Å². The Bertz CT molecular complexity index is 790. The van der Waals surface area contributed by atoms with Gasteiger partial charge in [-0.15, -0.1) is 0 Å². The molecule has 0 aliphatic heterocycles. The van der Waals surface area contributed by atoms with E-state index in [0.717, 1.165) is 0 Å². The van der Waals surface area contributed by atoms with Crippen LogP contribution in [0.1, 0.15) is 31.0 Å². The second kappa shape index (κ2) is 7.80. The number of amides is 1. The second-order valence-electron chi connectivity index (χ2n) is 6.07. The van der Waals surface area contributed by atoms with Crippen LogP contribution < -0.4 is 5.32 Å². The lowest BCUT2D eigenvalue weighted by molar-refractivity contribution is -0.121. The molecule has 0 heterocycles. The van der Waals surface area contributed by atoms with Crippen molar-refractivity contribution in [3.05, 3.63) is 70.3 Å². The summed E-state index contributed by atoms with van der Waals surface area (Å²) in [6, 6.07) is 4.59. The fourth-order valence-corrected chi connectivity index (χ4v) is 2.50. The predicted octanol–water partition coefficient (Wildman–Crippen LogP) is 4.58. The van der Waals surface area contributed by atoms with Crippen LogP contribution in [0.25, 0.3) is 0 Å². The van der Waals surface area contributed by atoms with Gasteiger partial charge < -0.3 is 5.32 Å². The summed E-state index contributed by atoms with van der Waals surface area (Å²) in [5.41, 5.74) is -0.673. The maximum atomic E-state index is 13.7. The highest BCUT2D eigenvalue weighted by atomic mass is 19.2. The molecule has 26 heavy (non-hydrogen) atoms. The summed E-state index contributed by atoms with van der Waals surface area (Å²) in [7, 11) is 0. The Labute approximate surface area is 145 Å². The van der Waals surface area contributed by atoms with E-state index in [-0.39, 0.29) is 5.92 Å². The molecule has 0 saturated carbocycles.